The molecule has 0 saturated heterocycles. The monoisotopic (exact) mass is 221 g/mol. The predicted octanol–water partition coefficient (Wildman–Crippen LogP) is 2.56. The minimum absolute atomic E-state index is 0.280. The topological polar surface area (TPSA) is 45.4 Å². The van der Waals surface area contributed by atoms with E-state index in [2.05, 4.69) is 5.32 Å². The first-order chi connectivity index (χ1) is 7.75. The first kappa shape index (κ1) is 10.7. The molecule has 0 aliphatic carbocycles. The van der Waals surface area contributed by atoms with Gasteiger partial charge in [0.1, 0.15) is 17.7 Å². The molecule has 0 radical (unpaired) electrons. The lowest BCUT2D eigenvalue weighted by Crippen LogP contribution is -2.11. The third-order valence-electron chi connectivity index (χ3n) is 2.22. The molecule has 16 heavy (non-hydrogen) atoms. The number of furan rings is 1. The molecule has 0 fully saturated rings. The molecule has 2 rings (SSSR count). The van der Waals surface area contributed by atoms with Crippen molar-refractivity contribution in [2.75, 3.05) is 11.9 Å². The summed E-state index contributed by atoms with van der Waals surface area (Å²) in [6, 6.07) is 9.38. The van der Waals surface area contributed by atoms with Gasteiger partial charge in [0.2, 0.25) is 0 Å². The van der Waals surface area contributed by atoms with Gasteiger partial charge >= 0.3 is 0 Å². The van der Waals surface area contributed by atoms with E-state index in [1.165, 1.54) is 18.4 Å². The minimum atomic E-state index is -0.708. The lowest BCUT2D eigenvalue weighted by Gasteiger charge is -2.10. The zero-order chi connectivity index (χ0) is 11.4. The molecule has 1 aromatic carbocycles. The largest absolute Gasteiger partial charge is 0.467 e. The zero-order valence-electron chi connectivity index (χ0n) is 8.56. The van der Waals surface area contributed by atoms with Crippen molar-refractivity contribution in [1.29, 1.82) is 0 Å². The van der Waals surface area contributed by atoms with Gasteiger partial charge in [0, 0.05) is 12.2 Å². The molecule has 4 heteroatoms. The van der Waals surface area contributed by atoms with Crippen molar-refractivity contribution in [3.63, 3.8) is 0 Å². The first-order valence-corrected chi connectivity index (χ1v) is 4.96. The summed E-state index contributed by atoms with van der Waals surface area (Å²) in [5.74, 6) is 0.228. The second-order valence-electron chi connectivity index (χ2n) is 3.42. The Labute approximate surface area is 92.5 Å². The summed E-state index contributed by atoms with van der Waals surface area (Å²) in [4.78, 5) is 0. The number of rotatable bonds is 4. The van der Waals surface area contributed by atoms with E-state index in [0.717, 1.165) is 5.69 Å². The second kappa shape index (κ2) is 4.81. The van der Waals surface area contributed by atoms with Crippen LogP contribution in [-0.2, 0) is 0 Å². The fraction of sp³-hybridized carbons (Fsp3) is 0.167. The van der Waals surface area contributed by atoms with Crippen LogP contribution in [0.1, 0.15) is 11.9 Å². The third-order valence-corrected chi connectivity index (χ3v) is 2.22. The van der Waals surface area contributed by atoms with Gasteiger partial charge < -0.3 is 14.8 Å². The van der Waals surface area contributed by atoms with Crippen LogP contribution in [0.5, 0.6) is 0 Å². The van der Waals surface area contributed by atoms with Crippen LogP contribution in [0.2, 0.25) is 0 Å². The highest BCUT2D eigenvalue weighted by atomic mass is 19.1. The fourth-order valence-corrected chi connectivity index (χ4v) is 1.36. The highest BCUT2D eigenvalue weighted by Gasteiger charge is 2.09. The molecule has 0 aliphatic heterocycles. The molecule has 2 aromatic rings. The van der Waals surface area contributed by atoms with E-state index in [0.29, 0.717) is 12.3 Å². The van der Waals surface area contributed by atoms with Gasteiger partial charge in [-0.3, -0.25) is 0 Å². The average molecular weight is 221 g/mol. The SMILES string of the molecule is OC(CNc1ccc(F)cc1)c1ccco1. The Kier molecular flexibility index (Phi) is 3.22. The van der Waals surface area contributed by atoms with Gasteiger partial charge in [-0.15, -0.1) is 0 Å². The van der Waals surface area contributed by atoms with E-state index < -0.39 is 6.10 Å². The van der Waals surface area contributed by atoms with Crippen LogP contribution in [0.4, 0.5) is 10.1 Å². The highest BCUT2D eigenvalue weighted by Crippen LogP contribution is 2.15. The maximum absolute atomic E-state index is 12.6. The standard InChI is InChI=1S/C12H12FNO2/c13-9-3-5-10(6-4-9)14-8-11(15)12-2-1-7-16-12/h1-7,11,14-15H,8H2. The summed E-state index contributed by atoms with van der Waals surface area (Å²) in [5, 5.41) is 12.7. The maximum Gasteiger partial charge on any atom is 0.134 e. The summed E-state index contributed by atoms with van der Waals surface area (Å²) in [7, 11) is 0. The summed E-state index contributed by atoms with van der Waals surface area (Å²) >= 11 is 0. The van der Waals surface area contributed by atoms with Crippen molar-refractivity contribution < 1.29 is 13.9 Å². The number of nitrogens with one attached hydrogen (secondary N) is 1. The number of aliphatic hydroxyl groups excluding tert-OH is 1. The van der Waals surface area contributed by atoms with Crippen LogP contribution in [-0.4, -0.2) is 11.7 Å². The van der Waals surface area contributed by atoms with Crippen molar-refractivity contribution in [3.8, 4) is 0 Å². The van der Waals surface area contributed by atoms with Gasteiger partial charge in [-0.2, -0.15) is 0 Å². The van der Waals surface area contributed by atoms with Crippen LogP contribution in [0.25, 0.3) is 0 Å². The van der Waals surface area contributed by atoms with Gasteiger partial charge in [-0.1, -0.05) is 0 Å². The summed E-state index contributed by atoms with van der Waals surface area (Å²) in [6.45, 7) is 0.319. The normalized spacial score (nSPS) is 12.4. The van der Waals surface area contributed by atoms with Crippen LogP contribution < -0.4 is 5.32 Å². The Morgan fingerprint density at radius 2 is 2.00 bits per heavy atom. The molecule has 1 unspecified atom stereocenters. The van der Waals surface area contributed by atoms with Crippen LogP contribution in [0, 0.1) is 5.82 Å². The van der Waals surface area contributed by atoms with Crippen molar-refractivity contribution in [1.82, 2.24) is 0 Å². The molecule has 3 nitrogen and oxygen atoms in total. The molecule has 1 heterocycles. The van der Waals surface area contributed by atoms with Crippen LogP contribution in [0.3, 0.4) is 0 Å². The number of benzene rings is 1. The molecule has 0 spiro atoms. The highest BCUT2D eigenvalue weighted by molar-refractivity contribution is 5.42. The Morgan fingerprint density at radius 3 is 2.62 bits per heavy atom. The van der Waals surface area contributed by atoms with E-state index in [1.54, 1.807) is 24.3 Å². The molecule has 0 bridgehead atoms. The Hall–Kier alpha value is -1.81. The van der Waals surface area contributed by atoms with Gasteiger partial charge in [0.25, 0.3) is 0 Å². The maximum atomic E-state index is 12.6. The van der Waals surface area contributed by atoms with Gasteiger partial charge in [-0.25, -0.2) is 4.39 Å². The van der Waals surface area contributed by atoms with Crippen molar-refractivity contribution >= 4 is 5.69 Å². The molecule has 0 amide bonds. The third kappa shape index (κ3) is 2.61. The second-order valence-corrected chi connectivity index (χ2v) is 3.42. The summed E-state index contributed by atoms with van der Waals surface area (Å²) in [5.41, 5.74) is 0.756. The quantitative estimate of drug-likeness (QED) is 0.834. The lowest BCUT2D eigenvalue weighted by molar-refractivity contribution is 0.162. The van der Waals surface area contributed by atoms with Crippen LogP contribution in [0.15, 0.2) is 47.1 Å². The van der Waals surface area contributed by atoms with E-state index in [-0.39, 0.29) is 5.82 Å². The minimum Gasteiger partial charge on any atom is -0.467 e. The van der Waals surface area contributed by atoms with E-state index >= 15 is 0 Å². The number of hydrogen-bond acceptors (Lipinski definition) is 3. The molecular formula is C12H12FNO2. The Bertz CT molecular complexity index is 425. The van der Waals surface area contributed by atoms with Crippen molar-refractivity contribution in [2.24, 2.45) is 0 Å². The fourth-order valence-electron chi connectivity index (χ4n) is 1.36. The molecule has 0 aliphatic rings. The lowest BCUT2D eigenvalue weighted by atomic mass is 10.2. The van der Waals surface area contributed by atoms with Gasteiger partial charge in [0.15, 0.2) is 0 Å². The predicted molar refractivity (Wildman–Crippen MR) is 58.6 cm³/mol. The molecule has 84 valence electrons. The average Bonchev–Trinajstić information content (AvgIpc) is 2.81. The zero-order valence-corrected chi connectivity index (χ0v) is 8.56. The molecule has 0 saturated carbocycles. The van der Waals surface area contributed by atoms with Crippen LogP contribution >= 0.6 is 0 Å². The Morgan fingerprint density at radius 1 is 1.25 bits per heavy atom. The Balaban J connectivity index is 1.90. The van der Waals surface area contributed by atoms with E-state index in [4.69, 9.17) is 4.42 Å². The van der Waals surface area contributed by atoms with Gasteiger partial charge in [0.05, 0.1) is 6.26 Å². The molecule has 2 N–H and O–H groups in total. The van der Waals surface area contributed by atoms with E-state index in [1.807, 2.05) is 0 Å². The van der Waals surface area contributed by atoms with E-state index in [9.17, 15) is 9.50 Å². The number of anilines is 1. The van der Waals surface area contributed by atoms with Crippen molar-refractivity contribution in [3.05, 3.63) is 54.2 Å². The van der Waals surface area contributed by atoms with Gasteiger partial charge in [-0.05, 0) is 36.4 Å². The molecule has 1 aromatic heterocycles. The molecular weight excluding hydrogens is 209 g/mol. The molecule has 1 atom stereocenters. The smallest absolute Gasteiger partial charge is 0.134 e. The number of aliphatic hydroxyl groups is 1. The summed E-state index contributed by atoms with van der Waals surface area (Å²) < 4.78 is 17.7. The van der Waals surface area contributed by atoms with Crippen molar-refractivity contribution in [2.45, 2.75) is 6.10 Å². The number of halogens is 1. The first-order valence-electron chi connectivity index (χ1n) is 4.96. The number of hydrogen-bond donors (Lipinski definition) is 2. The summed E-state index contributed by atoms with van der Waals surface area (Å²) in [6.07, 6.45) is 0.802.